The highest BCUT2D eigenvalue weighted by Crippen LogP contribution is 2.30. The zero-order valence-electron chi connectivity index (χ0n) is 15.8. The normalized spacial score (nSPS) is 14.9. The van der Waals surface area contributed by atoms with Gasteiger partial charge in [0.15, 0.2) is 0 Å². The Morgan fingerprint density at radius 1 is 1.23 bits per heavy atom. The van der Waals surface area contributed by atoms with Gasteiger partial charge in [-0.2, -0.15) is 4.31 Å². The third-order valence-corrected chi connectivity index (χ3v) is 6.66. The average Bonchev–Trinajstić information content (AvgIpc) is 2.75. The molecular weight excluding hydrogens is 438 g/mol. The van der Waals surface area contributed by atoms with E-state index < -0.39 is 20.9 Å². The molecule has 12 heteroatoms. The van der Waals surface area contributed by atoms with Gasteiger partial charge in [0.1, 0.15) is 5.75 Å². The lowest BCUT2D eigenvalue weighted by atomic mass is 10.1. The lowest BCUT2D eigenvalue weighted by molar-refractivity contribution is -0.384. The Morgan fingerprint density at radius 2 is 1.93 bits per heavy atom. The van der Waals surface area contributed by atoms with Crippen LogP contribution in [-0.4, -0.2) is 57.0 Å². The molecule has 1 aliphatic heterocycles. The Labute approximate surface area is 177 Å². The molecule has 0 spiro atoms. The predicted molar refractivity (Wildman–Crippen MR) is 109 cm³/mol. The van der Waals surface area contributed by atoms with Gasteiger partial charge in [-0.15, -0.1) is 0 Å². The minimum Gasteiger partial charge on any atom is -0.496 e. The van der Waals surface area contributed by atoms with Crippen LogP contribution >= 0.6 is 11.6 Å². The van der Waals surface area contributed by atoms with E-state index in [4.69, 9.17) is 21.1 Å². The summed E-state index contributed by atoms with van der Waals surface area (Å²) in [4.78, 5) is 23.1. The van der Waals surface area contributed by atoms with E-state index in [1.807, 2.05) is 0 Å². The van der Waals surface area contributed by atoms with Crippen molar-refractivity contribution in [3.8, 4) is 5.75 Å². The van der Waals surface area contributed by atoms with Crippen molar-refractivity contribution in [2.24, 2.45) is 0 Å². The third-order valence-electron chi connectivity index (χ3n) is 4.43. The van der Waals surface area contributed by atoms with Crippen LogP contribution in [0, 0.1) is 10.1 Å². The van der Waals surface area contributed by atoms with Crippen molar-refractivity contribution in [1.29, 1.82) is 0 Å². The van der Waals surface area contributed by atoms with Gasteiger partial charge >= 0.3 is 0 Å². The highest BCUT2D eigenvalue weighted by atomic mass is 35.5. The number of nitrogens with zero attached hydrogens (tertiary/aromatic N) is 2. The molecule has 10 nitrogen and oxygen atoms in total. The third kappa shape index (κ3) is 4.54. The van der Waals surface area contributed by atoms with Crippen molar-refractivity contribution >= 4 is 38.9 Å². The summed E-state index contributed by atoms with van der Waals surface area (Å²) < 4.78 is 37.4. The van der Waals surface area contributed by atoms with Gasteiger partial charge in [0.2, 0.25) is 10.0 Å². The molecule has 1 fully saturated rings. The Balaban J connectivity index is 1.95. The number of nitro groups is 1. The quantitative estimate of drug-likeness (QED) is 0.523. The van der Waals surface area contributed by atoms with Crippen LogP contribution in [0.4, 0.5) is 11.4 Å². The van der Waals surface area contributed by atoms with Gasteiger partial charge in [-0.3, -0.25) is 14.9 Å². The number of non-ortho nitro benzene ring substituents is 1. The first-order valence-electron chi connectivity index (χ1n) is 8.75. The second kappa shape index (κ2) is 8.96. The number of carbonyl (C=O) groups is 1. The number of hydrogen-bond acceptors (Lipinski definition) is 7. The van der Waals surface area contributed by atoms with Gasteiger partial charge in [0.05, 0.1) is 46.4 Å². The topological polar surface area (TPSA) is 128 Å². The van der Waals surface area contributed by atoms with Crippen LogP contribution in [0.3, 0.4) is 0 Å². The summed E-state index contributed by atoms with van der Waals surface area (Å²) in [5.41, 5.74) is -0.306. The van der Waals surface area contributed by atoms with Gasteiger partial charge in [-0.25, -0.2) is 8.42 Å². The highest BCUT2D eigenvalue weighted by Gasteiger charge is 2.28. The minimum atomic E-state index is -3.84. The van der Waals surface area contributed by atoms with Crippen LogP contribution in [0.1, 0.15) is 10.4 Å². The Morgan fingerprint density at radius 3 is 2.57 bits per heavy atom. The van der Waals surface area contributed by atoms with Crippen LogP contribution in [0.25, 0.3) is 0 Å². The first-order chi connectivity index (χ1) is 14.2. The Bertz CT molecular complexity index is 1090. The molecule has 1 amide bonds. The molecule has 0 saturated carbocycles. The van der Waals surface area contributed by atoms with E-state index in [0.717, 1.165) is 6.07 Å². The minimum absolute atomic E-state index is 0.0133. The molecule has 1 N–H and O–H groups in total. The van der Waals surface area contributed by atoms with Crippen LogP contribution in [0.2, 0.25) is 5.02 Å². The Kier molecular flexibility index (Phi) is 6.56. The number of benzene rings is 2. The summed E-state index contributed by atoms with van der Waals surface area (Å²) in [7, 11) is -2.50. The fourth-order valence-corrected chi connectivity index (χ4v) is 4.47. The number of carbonyl (C=O) groups excluding carboxylic acids is 1. The molecule has 2 aromatic rings. The van der Waals surface area contributed by atoms with Crippen LogP contribution in [0.15, 0.2) is 41.3 Å². The lowest BCUT2D eigenvalue weighted by Gasteiger charge is -2.26. The molecule has 3 rings (SSSR count). The predicted octanol–water partition coefficient (Wildman–Crippen LogP) is 2.53. The van der Waals surface area contributed by atoms with Gasteiger partial charge in [0, 0.05) is 25.2 Å². The number of morpholine rings is 1. The largest absolute Gasteiger partial charge is 0.496 e. The van der Waals surface area contributed by atoms with Crippen LogP contribution < -0.4 is 10.1 Å². The second-order valence-electron chi connectivity index (χ2n) is 6.25. The molecule has 0 unspecified atom stereocenters. The van der Waals surface area contributed by atoms with Gasteiger partial charge in [-0.05, 0) is 24.3 Å². The summed E-state index contributed by atoms with van der Waals surface area (Å²) in [5.74, 6) is -0.594. The molecule has 160 valence electrons. The number of hydrogen-bond donors (Lipinski definition) is 1. The zero-order chi connectivity index (χ0) is 21.9. The molecule has 1 heterocycles. The number of sulfonamides is 1. The number of ether oxygens (including phenoxy) is 2. The van der Waals surface area contributed by atoms with Crippen molar-refractivity contribution < 1.29 is 27.6 Å². The number of halogens is 1. The second-order valence-corrected chi connectivity index (χ2v) is 8.60. The number of anilines is 1. The summed E-state index contributed by atoms with van der Waals surface area (Å²) in [5, 5.41) is 13.5. The van der Waals surface area contributed by atoms with Crippen molar-refractivity contribution in [3.63, 3.8) is 0 Å². The molecule has 0 atom stereocenters. The smallest absolute Gasteiger partial charge is 0.271 e. The monoisotopic (exact) mass is 455 g/mol. The number of nitro benzene ring substituents is 1. The van der Waals surface area contributed by atoms with E-state index in [1.54, 1.807) is 0 Å². The molecular formula is C18H18ClN3O7S. The van der Waals surface area contributed by atoms with Gasteiger partial charge in [-0.1, -0.05) is 11.6 Å². The van der Waals surface area contributed by atoms with E-state index in [9.17, 15) is 23.3 Å². The van der Waals surface area contributed by atoms with Crippen LogP contribution in [-0.2, 0) is 14.8 Å². The summed E-state index contributed by atoms with van der Waals surface area (Å²) in [6.07, 6.45) is 0. The molecule has 1 aliphatic rings. The van der Waals surface area contributed by atoms with E-state index in [2.05, 4.69) is 5.32 Å². The van der Waals surface area contributed by atoms with Gasteiger partial charge in [0.25, 0.3) is 11.6 Å². The molecule has 0 aliphatic carbocycles. The van der Waals surface area contributed by atoms with E-state index in [-0.39, 0.29) is 58.9 Å². The fraction of sp³-hybridized carbons (Fsp3) is 0.278. The van der Waals surface area contributed by atoms with Gasteiger partial charge < -0.3 is 14.8 Å². The summed E-state index contributed by atoms with van der Waals surface area (Å²) in [6.45, 7) is 0.987. The average molecular weight is 456 g/mol. The maximum Gasteiger partial charge on any atom is 0.271 e. The fourth-order valence-electron chi connectivity index (χ4n) is 2.87. The molecule has 30 heavy (non-hydrogen) atoms. The Hall–Kier alpha value is -2.73. The SMILES string of the molecule is COc1ccc(S(=O)(=O)N2CCOCC2)cc1C(=O)Nc1cc([N+](=O)[O-])ccc1Cl. The maximum absolute atomic E-state index is 12.9. The number of amides is 1. The zero-order valence-corrected chi connectivity index (χ0v) is 17.4. The number of rotatable bonds is 6. The molecule has 0 bridgehead atoms. The molecule has 0 aromatic heterocycles. The number of methoxy groups -OCH3 is 1. The lowest BCUT2D eigenvalue weighted by Crippen LogP contribution is -2.40. The standard InChI is InChI=1S/C18H18ClN3O7S/c1-28-17-5-3-13(30(26,27)21-6-8-29-9-7-21)11-14(17)18(23)20-16-10-12(22(24)25)2-4-15(16)19/h2-5,10-11H,6-9H2,1H3,(H,20,23). The first kappa shape index (κ1) is 22.0. The van der Waals surface area contributed by atoms with Crippen molar-refractivity contribution in [1.82, 2.24) is 4.31 Å². The highest BCUT2D eigenvalue weighted by molar-refractivity contribution is 7.89. The van der Waals surface area contributed by atoms with Crippen molar-refractivity contribution in [3.05, 3.63) is 57.1 Å². The number of nitrogens with one attached hydrogen (secondary N) is 1. The van der Waals surface area contributed by atoms with Crippen molar-refractivity contribution in [2.45, 2.75) is 4.90 Å². The summed E-state index contributed by atoms with van der Waals surface area (Å²) >= 11 is 6.03. The van der Waals surface area contributed by atoms with E-state index in [0.29, 0.717) is 0 Å². The molecule has 2 aromatic carbocycles. The molecule has 1 saturated heterocycles. The van der Waals surface area contributed by atoms with E-state index >= 15 is 0 Å². The summed E-state index contributed by atoms with van der Waals surface area (Å²) in [6, 6.07) is 7.52. The maximum atomic E-state index is 12.9. The molecule has 0 radical (unpaired) electrons. The van der Waals surface area contributed by atoms with E-state index in [1.165, 1.54) is 41.7 Å². The first-order valence-corrected chi connectivity index (χ1v) is 10.6. The van der Waals surface area contributed by atoms with Crippen LogP contribution in [0.5, 0.6) is 5.75 Å². The van der Waals surface area contributed by atoms with Crippen molar-refractivity contribution in [2.75, 3.05) is 38.7 Å².